The largest absolute Gasteiger partial charge is 0.497 e. The van der Waals surface area contributed by atoms with E-state index in [4.69, 9.17) is 4.74 Å². The van der Waals surface area contributed by atoms with Crippen molar-refractivity contribution in [2.45, 2.75) is 13.0 Å². The highest BCUT2D eigenvalue weighted by Crippen LogP contribution is 2.29. The fraction of sp³-hybridized carbons (Fsp3) is 0.304. The Morgan fingerprint density at radius 3 is 2.44 bits per heavy atom. The summed E-state index contributed by atoms with van der Waals surface area (Å²) in [6, 6.07) is 10.1. The Hall–Kier alpha value is -3.72. The third-order valence-corrected chi connectivity index (χ3v) is 5.79. The summed E-state index contributed by atoms with van der Waals surface area (Å²) in [5.74, 6) is 2.42. The van der Waals surface area contributed by atoms with Crippen molar-refractivity contribution in [2.75, 3.05) is 43.1 Å². The van der Waals surface area contributed by atoms with E-state index in [1.807, 2.05) is 28.9 Å². The van der Waals surface area contributed by atoms with Gasteiger partial charge in [-0.1, -0.05) is 12.1 Å². The second kappa shape index (κ2) is 8.43. The molecule has 0 spiro atoms. The fourth-order valence-corrected chi connectivity index (χ4v) is 3.95. The first-order valence-corrected chi connectivity index (χ1v) is 10.6. The molecule has 4 aromatic rings. The molecule has 1 N–H and O–H groups in total. The van der Waals surface area contributed by atoms with Crippen molar-refractivity contribution in [1.82, 2.24) is 24.6 Å². The van der Waals surface area contributed by atoms with E-state index in [-0.39, 0.29) is 0 Å². The van der Waals surface area contributed by atoms with Gasteiger partial charge in [-0.15, -0.1) is 0 Å². The summed E-state index contributed by atoms with van der Waals surface area (Å²) in [4.78, 5) is 17.9. The molecule has 32 heavy (non-hydrogen) atoms. The zero-order chi connectivity index (χ0) is 22.1. The molecule has 0 saturated carbocycles. The first-order chi connectivity index (χ1) is 15.6. The first kappa shape index (κ1) is 20.2. The van der Waals surface area contributed by atoms with E-state index in [1.165, 1.54) is 0 Å². The highest BCUT2D eigenvalue weighted by Gasteiger charge is 2.22. The number of ether oxygens (including phenoxy) is 1. The third-order valence-electron chi connectivity index (χ3n) is 5.79. The molecular weight excluding hydrogens is 406 g/mol. The van der Waals surface area contributed by atoms with Gasteiger partial charge >= 0.3 is 0 Å². The molecule has 1 atom stereocenters. The van der Waals surface area contributed by atoms with Crippen LogP contribution in [-0.4, -0.2) is 63.0 Å². The average Bonchev–Trinajstić information content (AvgIpc) is 3.29. The summed E-state index contributed by atoms with van der Waals surface area (Å²) in [7, 11) is 1.67. The molecule has 1 aliphatic rings. The summed E-state index contributed by atoms with van der Waals surface area (Å²) in [6.07, 6.45) is 6.43. The molecule has 0 amide bonds. The van der Waals surface area contributed by atoms with Gasteiger partial charge in [0.15, 0.2) is 5.82 Å². The predicted octanol–water partition coefficient (Wildman–Crippen LogP) is 2.57. The minimum Gasteiger partial charge on any atom is -0.497 e. The van der Waals surface area contributed by atoms with Gasteiger partial charge in [-0.25, -0.2) is 19.5 Å². The summed E-state index contributed by atoms with van der Waals surface area (Å²) in [5, 5.41) is 14.1. The number of aliphatic hydroxyl groups is 1. The van der Waals surface area contributed by atoms with Crippen LogP contribution in [0.5, 0.6) is 5.75 Å². The number of hydrogen-bond donors (Lipinski definition) is 1. The average molecular weight is 432 g/mol. The zero-order valence-corrected chi connectivity index (χ0v) is 18.1. The van der Waals surface area contributed by atoms with Gasteiger partial charge in [0.25, 0.3) is 0 Å². The van der Waals surface area contributed by atoms with Gasteiger partial charge in [0, 0.05) is 55.9 Å². The standard InChI is InChI=1S/C23H25N7O2/c1-16(31)19-12-24-23(25-13-19)29-8-6-28(7-9-29)22-21-11-18(14-30(21)27-15-26-22)17-4-3-5-20(10-17)32-2/h3-5,10-16,31H,6-9H2,1-2H3. The van der Waals surface area contributed by atoms with Gasteiger partial charge < -0.3 is 19.6 Å². The lowest BCUT2D eigenvalue weighted by Gasteiger charge is -2.35. The van der Waals surface area contributed by atoms with Crippen LogP contribution in [0, 0.1) is 0 Å². The zero-order valence-electron chi connectivity index (χ0n) is 18.1. The second-order valence-electron chi connectivity index (χ2n) is 7.84. The lowest BCUT2D eigenvalue weighted by atomic mass is 10.1. The Balaban J connectivity index is 1.36. The monoisotopic (exact) mass is 431 g/mol. The number of hydrogen-bond acceptors (Lipinski definition) is 8. The summed E-state index contributed by atoms with van der Waals surface area (Å²) < 4.78 is 7.24. The number of methoxy groups -OCH3 is 1. The van der Waals surface area contributed by atoms with Crippen molar-refractivity contribution in [2.24, 2.45) is 0 Å². The van der Waals surface area contributed by atoms with E-state index < -0.39 is 6.10 Å². The van der Waals surface area contributed by atoms with Gasteiger partial charge in [0.1, 0.15) is 17.6 Å². The molecule has 5 rings (SSSR count). The van der Waals surface area contributed by atoms with Crippen molar-refractivity contribution in [3.63, 3.8) is 0 Å². The molecule has 1 unspecified atom stereocenters. The molecule has 9 nitrogen and oxygen atoms in total. The topological polar surface area (TPSA) is 91.9 Å². The Morgan fingerprint density at radius 2 is 1.72 bits per heavy atom. The number of aliphatic hydroxyl groups excluding tert-OH is 1. The molecule has 164 valence electrons. The predicted molar refractivity (Wildman–Crippen MR) is 122 cm³/mol. The van der Waals surface area contributed by atoms with Gasteiger partial charge in [-0.3, -0.25) is 0 Å². The number of anilines is 2. The van der Waals surface area contributed by atoms with Crippen molar-refractivity contribution in [1.29, 1.82) is 0 Å². The third kappa shape index (κ3) is 3.82. The second-order valence-corrected chi connectivity index (χ2v) is 7.84. The molecule has 3 aromatic heterocycles. The number of nitrogens with zero attached hydrogens (tertiary/aromatic N) is 7. The number of piperazine rings is 1. The van der Waals surface area contributed by atoms with Crippen molar-refractivity contribution in [3.05, 3.63) is 60.8 Å². The number of benzene rings is 1. The molecule has 0 aliphatic carbocycles. The molecule has 1 saturated heterocycles. The molecule has 0 radical (unpaired) electrons. The molecule has 4 heterocycles. The lowest BCUT2D eigenvalue weighted by Crippen LogP contribution is -2.47. The van der Waals surface area contributed by atoms with Crippen LogP contribution in [0.2, 0.25) is 0 Å². The molecule has 9 heteroatoms. The van der Waals surface area contributed by atoms with E-state index in [0.29, 0.717) is 5.95 Å². The van der Waals surface area contributed by atoms with Crippen LogP contribution in [0.1, 0.15) is 18.6 Å². The van der Waals surface area contributed by atoms with E-state index in [9.17, 15) is 5.11 Å². The van der Waals surface area contributed by atoms with Crippen molar-refractivity contribution in [3.8, 4) is 16.9 Å². The molecule has 1 aromatic carbocycles. The summed E-state index contributed by atoms with van der Waals surface area (Å²) >= 11 is 0. The van der Waals surface area contributed by atoms with Gasteiger partial charge in [-0.2, -0.15) is 5.10 Å². The molecular formula is C23H25N7O2. The number of fused-ring (bicyclic) bond motifs is 1. The van der Waals surface area contributed by atoms with E-state index in [2.05, 4.69) is 42.0 Å². The van der Waals surface area contributed by atoms with Gasteiger partial charge in [-0.05, 0) is 30.7 Å². The maximum absolute atomic E-state index is 9.65. The highest BCUT2D eigenvalue weighted by atomic mass is 16.5. The summed E-state index contributed by atoms with van der Waals surface area (Å²) in [6.45, 7) is 4.88. The van der Waals surface area contributed by atoms with E-state index in [0.717, 1.165) is 60.0 Å². The highest BCUT2D eigenvalue weighted by molar-refractivity contribution is 5.78. The fourth-order valence-electron chi connectivity index (χ4n) is 3.95. The minimum absolute atomic E-state index is 0.565. The van der Waals surface area contributed by atoms with E-state index in [1.54, 1.807) is 32.8 Å². The Morgan fingerprint density at radius 1 is 0.969 bits per heavy atom. The minimum atomic E-state index is -0.565. The lowest BCUT2D eigenvalue weighted by molar-refractivity contribution is 0.198. The first-order valence-electron chi connectivity index (χ1n) is 10.6. The van der Waals surface area contributed by atoms with Crippen molar-refractivity contribution < 1.29 is 9.84 Å². The summed E-state index contributed by atoms with van der Waals surface area (Å²) in [5.41, 5.74) is 3.83. The van der Waals surface area contributed by atoms with E-state index >= 15 is 0 Å². The van der Waals surface area contributed by atoms with Crippen LogP contribution in [-0.2, 0) is 0 Å². The quantitative estimate of drug-likeness (QED) is 0.516. The number of rotatable bonds is 5. The van der Waals surface area contributed by atoms with Gasteiger partial charge in [0.2, 0.25) is 5.95 Å². The smallest absolute Gasteiger partial charge is 0.225 e. The Bertz CT molecular complexity index is 1210. The Labute approximate surface area is 185 Å². The Kier molecular flexibility index (Phi) is 5.32. The van der Waals surface area contributed by atoms with Crippen LogP contribution in [0.4, 0.5) is 11.8 Å². The number of aromatic nitrogens is 5. The van der Waals surface area contributed by atoms with Crippen LogP contribution in [0.15, 0.2) is 55.2 Å². The molecule has 0 bridgehead atoms. The van der Waals surface area contributed by atoms with Crippen LogP contribution in [0.3, 0.4) is 0 Å². The van der Waals surface area contributed by atoms with Gasteiger partial charge in [0.05, 0.1) is 13.2 Å². The van der Waals surface area contributed by atoms with Crippen LogP contribution < -0.4 is 14.5 Å². The van der Waals surface area contributed by atoms with Crippen molar-refractivity contribution >= 4 is 17.3 Å². The maximum Gasteiger partial charge on any atom is 0.225 e. The van der Waals surface area contributed by atoms with Crippen LogP contribution in [0.25, 0.3) is 16.6 Å². The SMILES string of the molecule is COc1cccc(-c2cc3c(N4CCN(c5ncc(C(C)O)cn5)CC4)ncnn3c2)c1. The van der Waals surface area contributed by atoms with Crippen LogP contribution >= 0.6 is 0 Å². The maximum atomic E-state index is 9.65. The molecule has 1 fully saturated rings. The molecule has 1 aliphatic heterocycles. The normalized spacial score (nSPS) is 15.2.